The molecule has 0 bridgehead atoms. The van der Waals surface area contributed by atoms with Gasteiger partial charge in [0.1, 0.15) is 6.04 Å². The molecule has 24 heavy (non-hydrogen) atoms. The third kappa shape index (κ3) is 3.80. The van der Waals surface area contributed by atoms with Gasteiger partial charge >= 0.3 is 0 Å². The maximum Gasteiger partial charge on any atom is 0.239 e. The fourth-order valence-corrected chi connectivity index (χ4v) is 3.63. The SMILES string of the molecule is NC(=O)C(c1ccccc1)N1CCC(C(=O)Nc2nccs2)CC1. The molecule has 2 heterocycles. The number of aromatic nitrogens is 1. The second kappa shape index (κ2) is 7.55. The van der Waals surface area contributed by atoms with E-state index in [4.69, 9.17) is 5.73 Å². The molecule has 1 saturated heterocycles. The first-order valence-corrected chi connectivity index (χ1v) is 8.82. The summed E-state index contributed by atoms with van der Waals surface area (Å²) in [5.74, 6) is -0.415. The van der Waals surface area contributed by atoms with Crippen molar-refractivity contribution in [2.75, 3.05) is 18.4 Å². The van der Waals surface area contributed by atoms with Gasteiger partial charge in [-0.05, 0) is 31.5 Å². The number of nitrogens with two attached hydrogens (primary N) is 1. The fourth-order valence-electron chi connectivity index (χ4n) is 3.10. The van der Waals surface area contributed by atoms with Crippen LogP contribution in [0.5, 0.6) is 0 Å². The van der Waals surface area contributed by atoms with E-state index in [2.05, 4.69) is 15.2 Å². The van der Waals surface area contributed by atoms with E-state index in [9.17, 15) is 9.59 Å². The Morgan fingerprint density at radius 2 is 1.96 bits per heavy atom. The molecule has 0 radical (unpaired) electrons. The van der Waals surface area contributed by atoms with Gasteiger partial charge < -0.3 is 11.1 Å². The highest BCUT2D eigenvalue weighted by Gasteiger charge is 2.32. The van der Waals surface area contributed by atoms with Gasteiger partial charge in [0.15, 0.2) is 5.13 Å². The second-order valence-electron chi connectivity index (χ2n) is 5.85. The largest absolute Gasteiger partial charge is 0.368 e. The predicted octanol–water partition coefficient (Wildman–Crippen LogP) is 2.02. The first kappa shape index (κ1) is 16.6. The van der Waals surface area contributed by atoms with Crippen LogP contribution in [0.25, 0.3) is 0 Å². The highest BCUT2D eigenvalue weighted by Crippen LogP contribution is 2.27. The van der Waals surface area contributed by atoms with Crippen molar-refractivity contribution in [1.29, 1.82) is 0 Å². The number of carbonyl (C=O) groups excluding carboxylic acids is 2. The molecule has 1 unspecified atom stereocenters. The van der Waals surface area contributed by atoms with Crippen molar-refractivity contribution in [2.24, 2.45) is 11.7 Å². The number of hydrogen-bond donors (Lipinski definition) is 2. The third-order valence-electron chi connectivity index (χ3n) is 4.31. The Morgan fingerprint density at radius 3 is 2.54 bits per heavy atom. The summed E-state index contributed by atoms with van der Waals surface area (Å²) in [7, 11) is 0. The van der Waals surface area contributed by atoms with Gasteiger partial charge in [-0.2, -0.15) is 0 Å². The lowest BCUT2D eigenvalue weighted by molar-refractivity contribution is -0.125. The molecule has 1 aromatic carbocycles. The van der Waals surface area contributed by atoms with E-state index in [0.717, 1.165) is 5.56 Å². The molecule has 2 amide bonds. The predicted molar refractivity (Wildman–Crippen MR) is 93.4 cm³/mol. The number of nitrogens with one attached hydrogen (secondary N) is 1. The standard InChI is InChI=1S/C17H20N4O2S/c18-15(22)14(12-4-2-1-3-5-12)21-9-6-13(7-10-21)16(23)20-17-19-8-11-24-17/h1-5,8,11,13-14H,6-7,9-10H2,(H2,18,22)(H,19,20,23). The maximum absolute atomic E-state index is 12.3. The number of anilines is 1. The zero-order valence-electron chi connectivity index (χ0n) is 13.2. The lowest BCUT2D eigenvalue weighted by Crippen LogP contribution is -2.44. The van der Waals surface area contributed by atoms with Crippen molar-refractivity contribution in [3.05, 3.63) is 47.5 Å². The zero-order valence-corrected chi connectivity index (χ0v) is 14.0. The van der Waals surface area contributed by atoms with Gasteiger partial charge in [-0.15, -0.1) is 11.3 Å². The number of hydrogen-bond acceptors (Lipinski definition) is 5. The minimum atomic E-state index is -0.436. The van der Waals surface area contributed by atoms with Gasteiger partial charge in [-0.25, -0.2) is 4.98 Å². The number of amides is 2. The van der Waals surface area contributed by atoms with Gasteiger partial charge in [-0.1, -0.05) is 30.3 Å². The molecule has 3 N–H and O–H groups in total. The van der Waals surface area contributed by atoms with Gasteiger partial charge in [0.25, 0.3) is 0 Å². The van der Waals surface area contributed by atoms with Gasteiger partial charge in [0.05, 0.1) is 0 Å². The summed E-state index contributed by atoms with van der Waals surface area (Å²) in [6, 6.07) is 9.11. The van der Waals surface area contributed by atoms with Crippen LogP contribution in [0.3, 0.4) is 0 Å². The number of piperidine rings is 1. The topological polar surface area (TPSA) is 88.3 Å². The molecule has 1 aliphatic rings. The number of thiazole rings is 1. The molecule has 126 valence electrons. The van der Waals surface area contributed by atoms with E-state index in [-0.39, 0.29) is 17.7 Å². The van der Waals surface area contributed by atoms with E-state index in [1.54, 1.807) is 6.20 Å². The first-order chi connectivity index (χ1) is 11.6. The summed E-state index contributed by atoms with van der Waals surface area (Å²) >= 11 is 1.41. The lowest BCUT2D eigenvalue weighted by Gasteiger charge is -2.35. The number of carbonyl (C=O) groups is 2. The van der Waals surface area contributed by atoms with Crippen LogP contribution in [0.15, 0.2) is 41.9 Å². The van der Waals surface area contributed by atoms with Crippen molar-refractivity contribution in [2.45, 2.75) is 18.9 Å². The Labute approximate surface area is 144 Å². The molecule has 3 rings (SSSR count). The van der Waals surface area contributed by atoms with E-state index in [1.165, 1.54) is 11.3 Å². The average molecular weight is 344 g/mol. The molecule has 1 atom stereocenters. The number of rotatable bonds is 5. The molecule has 7 heteroatoms. The second-order valence-corrected chi connectivity index (χ2v) is 6.75. The third-order valence-corrected chi connectivity index (χ3v) is 5.00. The van der Waals surface area contributed by atoms with Crippen LogP contribution < -0.4 is 11.1 Å². The first-order valence-electron chi connectivity index (χ1n) is 7.94. The minimum Gasteiger partial charge on any atom is -0.368 e. The zero-order chi connectivity index (χ0) is 16.9. The Morgan fingerprint density at radius 1 is 1.25 bits per heavy atom. The van der Waals surface area contributed by atoms with Crippen LogP contribution in [0.1, 0.15) is 24.4 Å². The summed E-state index contributed by atoms with van der Waals surface area (Å²) in [4.78, 5) is 30.3. The molecule has 2 aromatic rings. The molecule has 1 aliphatic heterocycles. The number of primary amides is 1. The summed E-state index contributed by atoms with van der Waals surface area (Å²) in [5.41, 5.74) is 6.52. The van der Waals surface area contributed by atoms with Crippen molar-refractivity contribution in [1.82, 2.24) is 9.88 Å². The van der Waals surface area contributed by atoms with E-state index < -0.39 is 6.04 Å². The number of likely N-dealkylation sites (tertiary alicyclic amines) is 1. The van der Waals surface area contributed by atoms with Crippen molar-refractivity contribution in [3.63, 3.8) is 0 Å². The Balaban J connectivity index is 1.61. The van der Waals surface area contributed by atoms with Crippen LogP contribution in [0.2, 0.25) is 0 Å². The average Bonchev–Trinajstić information content (AvgIpc) is 3.09. The molecular weight excluding hydrogens is 324 g/mol. The Hall–Kier alpha value is -2.25. The van der Waals surface area contributed by atoms with Crippen molar-refractivity contribution < 1.29 is 9.59 Å². The lowest BCUT2D eigenvalue weighted by atomic mass is 9.93. The van der Waals surface area contributed by atoms with E-state index in [1.807, 2.05) is 35.7 Å². The molecule has 1 fully saturated rings. The fraction of sp³-hybridized carbons (Fsp3) is 0.353. The summed E-state index contributed by atoms with van der Waals surface area (Å²) in [5, 5.41) is 5.30. The van der Waals surface area contributed by atoms with Crippen LogP contribution in [-0.4, -0.2) is 34.8 Å². The number of benzene rings is 1. The molecule has 6 nitrogen and oxygen atoms in total. The normalized spacial score (nSPS) is 17.3. The summed E-state index contributed by atoms with van der Waals surface area (Å²) in [6.07, 6.45) is 3.07. The van der Waals surface area contributed by atoms with E-state index >= 15 is 0 Å². The van der Waals surface area contributed by atoms with E-state index in [0.29, 0.717) is 31.1 Å². The molecule has 0 aliphatic carbocycles. The maximum atomic E-state index is 12.3. The molecule has 0 spiro atoms. The van der Waals surface area contributed by atoms with Crippen LogP contribution in [-0.2, 0) is 9.59 Å². The van der Waals surface area contributed by atoms with Gasteiger partial charge in [0.2, 0.25) is 11.8 Å². The number of nitrogens with zero attached hydrogens (tertiary/aromatic N) is 2. The van der Waals surface area contributed by atoms with Gasteiger partial charge in [0, 0.05) is 17.5 Å². The molecule has 1 aromatic heterocycles. The highest BCUT2D eigenvalue weighted by molar-refractivity contribution is 7.13. The van der Waals surface area contributed by atoms with Crippen LogP contribution in [0.4, 0.5) is 5.13 Å². The summed E-state index contributed by atoms with van der Waals surface area (Å²) in [6.45, 7) is 1.33. The molecular formula is C17H20N4O2S. The molecule has 0 saturated carbocycles. The Bertz CT molecular complexity index is 682. The minimum absolute atomic E-state index is 0.0000592. The quantitative estimate of drug-likeness (QED) is 0.868. The van der Waals surface area contributed by atoms with Crippen molar-refractivity contribution in [3.8, 4) is 0 Å². The van der Waals surface area contributed by atoms with Gasteiger partial charge in [-0.3, -0.25) is 14.5 Å². The van der Waals surface area contributed by atoms with Crippen molar-refractivity contribution >= 4 is 28.3 Å². The monoisotopic (exact) mass is 344 g/mol. The smallest absolute Gasteiger partial charge is 0.239 e. The Kier molecular flexibility index (Phi) is 5.22. The summed E-state index contributed by atoms with van der Waals surface area (Å²) < 4.78 is 0. The highest BCUT2D eigenvalue weighted by atomic mass is 32.1. The van der Waals surface area contributed by atoms with Crippen LogP contribution >= 0.6 is 11.3 Å². The van der Waals surface area contributed by atoms with Crippen LogP contribution in [0, 0.1) is 5.92 Å².